The summed E-state index contributed by atoms with van der Waals surface area (Å²) in [5.41, 5.74) is 5.59. The van der Waals surface area contributed by atoms with Crippen molar-refractivity contribution in [2.24, 2.45) is 0 Å². The highest BCUT2D eigenvalue weighted by Crippen LogP contribution is 2.17. The Bertz CT molecular complexity index is 942. The summed E-state index contributed by atoms with van der Waals surface area (Å²) in [4.78, 5) is 17.4. The van der Waals surface area contributed by atoms with Gasteiger partial charge >= 0.3 is 0 Å². The van der Waals surface area contributed by atoms with E-state index in [1.165, 1.54) is 4.68 Å². The highest BCUT2D eigenvalue weighted by molar-refractivity contribution is 5.77. The minimum Gasteiger partial charge on any atom is -0.318 e. The lowest BCUT2D eigenvalue weighted by Gasteiger charge is -2.15. The Morgan fingerprint density at radius 3 is 2.58 bits per heavy atom. The molecule has 24 heavy (non-hydrogen) atoms. The van der Waals surface area contributed by atoms with Gasteiger partial charge in [-0.2, -0.15) is 0 Å². The van der Waals surface area contributed by atoms with E-state index < -0.39 is 0 Å². The van der Waals surface area contributed by atoms with Crippen molar-refractivity contribution in [2.45, 2.75) is 6.42 Å². The highest BCUT2D eigenvalue weighted by atomic mass is 16.1. The molecule has 0 fully saturated rings. The number of fused-ring (bicyclic) bond motifs is 1. The lowest BCUT2D eigenvalue weighted by atomic mass is 10.0. The molecule has 4 heteroatoms. The van der Waals surface area contributed by atoms with Crippen molar-refractivity contribution >= 4 is 16.5 Å². The Kier molecular flexibility index (Phi) is 4.57. The molecule has 4 nitrogen and oxygen atoms in total. The zero-order chi connectivity index (χ0) is 16.9. The van der Waals surface area contributed by atoms with Crippen molar-refractivity contribution in [1.29, 1.82) is 0 Å². The summed E-state index contributed by atoms with van der Waals surface area (Å²) in [6, 6.07) is 17.3. The van der Waals surface area contributed by atoms with Crippen LogP contribution in [0.15, 0.2) is 78.6 Å². The fourth-order valence-electron chi connectivity index (χ4n) is 2.58. The van der Waals surface area contributed by atoms with E-state index in [0.29, 0.717) is 29.7 Å². The zero-order valence-electron chi connectivity index (χ0n) is 13.4. The molecule has 0 aliphatic heterocycles. The molecule has 0 bridgehead atoms. The first-order valence-electron chi connectivity index (χ1n) is 7.79. The molecule has 0 saturated heterocycles. The summed E-state index contributed by atoms with van der Waals surface area (Å²) in [5, 5.41) is 0.586. The third-order valence-corrected chi connectivity index (χ3v) is 3.79. The monoisotopic (exact) mass is 317 g/mol. The van der Waals surface area contributed by atoms with Gasteiger partial charge in [-0.3, -0.25) is 4.79 Å². The fraction of sp³-hybridized carbons (Fsp3) is 0.100. The Hall–Kier alpha value is -3.14. The molecule has 1 aromatic heterocycles. The van der Waals surface area contributed by atoms with Crippen molar-refractivity contribution in [3.8, 4) is 0 Å². The van der Waals surface area contributed by atoms with E-state index in [0.717, 1.165) is 11.1 Å². The van der Waals surface area contributed by atoms with Gasteiger partial charge in [0.25, 0.3) is 5.56 Å². The summed E-state index contributed by atoms with van der Waals surface area (Å²) >= 11 is 0. The van der Waals surface area contributed by atoms with Crippen LogP contribution in [0, 0.1) is 0 Å². The van der Waals surface area contributed by atoms with Gasteiger partial charge in [-0.1, -0.05) is 55.1 Å². The van der Waals surface area contributed by atoms with Gasteiger partial charge in [0.1, 0.15) is 5.82 Å². The molecular formula is C20H19N3O. The molecule has 120 valence electrons. The van der Waals surface area contributed by atoms with Crippen LogP contribution in [0.25, 0.3) is 16.5 Å². The second-order valence-corrected chi connectivity index (χ2v) is 5.48. The molecular weight excluding hydrogens is 298 g/mol. The molecule has 0 radical (unpaired) electrons. The van der Waals surface area contributed by atoms with Crippen LogP contribution in [0.1, 0.15) is 11.4 Å². The molecule has 0 spiro atoms. The minimum atomic E-state index is -0.113. The highest BCUT2D eigenvalue weighted by Gasteiger charge is 2.12. The van der Waals surface area contributed by atoms with E-state index in [1.807, 2.05) is 48.5 Å². The molecule has 1 N–H and O–H groups in total. The summed E-state index contributed by atoms with van der Waals surface area (Å²) in [6.45, 7) is 8.32. The van der Waals surface area contributed by atoms with E-state index >= 15 is 0 Å². The number of nitrogens with one attached hydrogen (secondary N) is 1. The number of allylic oxidation sites excluding steroid dienone is 1. The summed E-state index contributed by atoms with van der Waals surface area (Å²) in [5.74, 6) is 0.634. The zero-order valence-corrected chi connectivity index (χ0v) is 13.4. The first kappa shape index (κ1) is 15.7. The van der Waals surface area contributed by atoms with Gasteiger partial charge in [0.05, 0.1) is 10.9 Å². The first-order valence-corrected chi connectivity index (χ1v) is 7.79. The summed E-state index contributed by atoms with van der Waals surface area (Å²) in [7, 11) is 0. The van der Waals surface area contributed by atoms with Gasteiger partial charge in [0.15, 0.2) is 0 Å². The Balaban J connectivity index is 2.06. The molecule has 0 aliphatic rings. The van der Waals surface area contributed by atoms with Gasteiger partial charge in [0, 0.05) is 13.0 Å². The van der Waals surface area contributed by atoms with E-state index in [2.05, 4.69) is 23.6 Å². The average molecular weight is 317 g/mol. The maximum absolute atomic E-state index is 12.8. The fourth-order valence-corrected chi connectivity index (χ4v) is 2.58. The molecule has 1 heterocycles. The number of hydrogen-bond donors (Lipinski definition) is 1. The van der Waals surface area contributed by atoms with E-state index in [9.17, 15) is 4.79 Å². The summed E-state index contributed by atoms with van der Waals surface area (Å²) in [6.07, 6.45) is 2.19. The van der Waals surface area contributed by atoms with Gasteiger partial charge < -0.3 is 5.43 Å². The van der Waals surface area contributed by atoms with Gasteiger partial charge in [-0.25, -0.2) is 9.66 Å². The van der Waals surface area contributed by atoms with E-state index in [1.54, 1.807) is 12.1 Å². The Morgan fingerprint density at radius 1 is 1.12 bits per heavy atom. The average Bonchev–Trinajstić information content (AvgIpc) is 2.62. The van der Waals surface area contributed by atoms with E-state index in [4.69, 9.17) is 0 Å². The number of hydrogen-bond acceptors (Lipinski definition) is 3. The van der Waals surface area contributed by atoms with Crippen molar-refractivity contribution in [3.63, 3.8) is 0 Å². The van der Waals surface area contributed by atoms with Crippen molar-refractivity contribution in [2.75, 3.05) is 12.0 Å². The number of para-hydroxylation sites is 1. The van der Waals surface area contributed by atoms with Crippen LogP contribution in [0.5, 0.6) is 0 Å². The van der Waals surface area contributed by atoms with Gasteiger partial charge in [0.2, 0.25) is 0 Å². The van der Waals surface area contributed by atoms with Crippen LogP contribution in [-0.4, -0.2) is 16.2 Å². The Morgan fingerprint density at radius 2 is 1.83 bits per heavy atom. The van der Waals surface area contributed by atoms with Gasteiger partial charge in [-0.15, -0.1) is 6.58 Å². The normalized spacial score (nSPS) is 10.5. The first-order chi connectivity index (χ1) is 11.7. The summed E-state index contributed by atoms with van der Waals surface area (Å²) < 4.78 is 1.50. The van der Waals surface area contributed by atoms with E-state index in [-0.39, 0.29) is 5.56 Å². The van der Waals surface area contributed by atoms with Crippen molar-refractivity contribution in [3.05, 3.63) is 95.6 Å². The molecule has 2 aromatic carbocycles. The van der Waals surface area contributed by atoms with Crippen LogP contribution in [-0.2, 0) is 6.42 Å². The lowest BCUT2D eigenvalue weighted by molar-refractivity contribution is 0.767. The topological polar surface area (TPSA) is 46.9 Å². The maximum Gasteiger partial charge on any atom is 0.279 e. The predicted molar refractivity (Wildman–Crippen MR) is 99.6 cm³/mol. The molecule has 0 unspecified atom stereocenters. The SMILES string of the molecule is C=CCNn1c(CC(=C)c2ccccc2)nc2ccccc2c1=O. The standard InChI is InChI=1S/C20H19N3O/c1-3-13-21-23-19(14-15(2)16-9-5-4-6-10-16)22-18-12-8-7-11-17(18)20(23)24/h3-12,21H,1-2,13-14H2. The molecule has 0 atom stereocenters. The number of benzene rings is 2. The molecule has 3 rings (SSSR count). The minimum absolute atomic E-state index is 0.113. The Labute approximate surface area is 140 Å². The lowest BCUT2D eigenvalue weighted by Crippen LogP contribution is -2.33. The quantitative estimate of drug-likeness (QED) is 0.709. The smallest absolute Gasteiger partial charge is 0.279 e. The molecule has 3 aromatic rings. The second kappa shape index (κ2) is 6.96. The van der Waals surface area contributed by atoms with Crippen molar-refractivity contribution < 1.29 is 0 Å². The number of nitrogens with zero attached hydrogens (tertiary/aromatic N) is 2. The molecule has 0 aliphatic carbocycles. The predicted octanol–water partition coefficient (Wildman–Crippen LogP) is 3.38. The second-order valence-electron chi connectivity index (χ2n) is 5.48. The third-order valence-electron chi connectivity index (χ3n) is 3.79. The molecule has 0 amide bonds. The van der Waals surface area contributed by atoms with Crippen LogP contribution < -0.4 is 11.0 Å². The third kappa shape index (κ3) is 3.13. The van der Waals surface area contributed by atoms with Crippen LogP contribution in [0.2, 0.25) is 0 Å². The van der Waals surface area contributed by atoms with Crippen LogP contribution in [0.3, 0.4) is 0 Å². The number of rotatable bonds is 6. The van der Waals surface area contributed by atoms with Crippen LogP contribution in [0.4, 0.5) is 0 Å². The maximum atomic E-state index is 12.8. The van der Waals surface area contributed by atoms with Crippen LogP contribution >= 0.6 is 0 Å². The van der Waals surface area contributed by atoms with Gasteiger partial charge in [-0.05, 0) is 23.3 Å². The molecule has 0 saturated carbocycles. The largest absolute Gasteiger partial charge is 0.318 e. The number of aromatic nitrogens is 2. The van der Waals surface area contributed by atoms with Crippen molar-refractivity contribution in [1.82, 2.24) is 9.66 Å².